The maximum atomic E-state index is 12.7. The number of rotatable bonds is 3. The largest absolute Gasteiger partial charge is 0.495 e. The third-order valence-corrected chi connectivity index (χ3v) is 4.01. The molecule has 1 aromatic rings. The van der Waals surface area contributed by atoms with Crippen LogP contribution in [0.25, 0.3) is 0 Å². The fourth-order valence-corrected chi connectivity index (χ4v) is 2.89. The standard InChI is InChI=1S/C15H22N2O2/c1-4-11-9-8-10(2)17(11)15(18)12-6-5-7-13(19-3)14(12)16/h5-7,10-11H,4,8-9,16H2,1-3H3. The maximum absolute atomic E-state index is 12.7. The van der Waals surface area contributed by atoms with Crippen molar-refractivity contribution < 1.29 is 9.53 Å². The summed E-state index contributed by atoms with van der Waals surface area (Å²) in [6.07, 6.45) is 3.13. The number of likely N-dealkylation sites (tertiary alicyclic amines) is 1. The van der Waals surface area contributed by atoms with Crippen molar-refractivity contribution in [3.8, 4) is 5.75 Å². The van der Waals surface area contributed by atoms with Crippen LogP contribution in [0.2, 0.25) is 0 Å². The van der Waals surface area contributed by atoms with Gasteiger partial charge in [0.1, 0.15) is 5.75 Å². The van der Waals surface area contributed by atoms with Gasteiger partial charge in [0.25, 0.3) is 5.91 Å². The average molecular weight is 262 g/mol. The highest BCUT2D eigenvalue weighted by atomic mass is 16.5. The van der Waals surface area contributed by atoms with Gasteiger partial charge in [0, 0.05) is 12.1 Å². The molecule has 1 aliphatic heterocycles. The molecule has 19 heavy (non-hydrogen) atoms. The molecule has 0 spiro atoms. The quantitative estimate of drug-likeness (QED) is 0.852. The van der Waals surface area contributed by atoms with E-state index in [0.717, 1.165) is 19.3 Å². The van der Waals surface area contributed by atoms with E-state index in [4.69, 9.17) is 10.5 Å². The van der Waals surface area contributed by atoms with E-state index >= 15 is 0 Å². The van der Waals surface area contributed by atoms with Crippen molar-refractivity contribution >= 4 is 11.6 Å². The maximum Gasteiger partial charge on any atom is 0.256 e. The molecule has 2 rings (SSSR count). The van der Waals surface area contributed by atoms with E-state index < -0.39 is 0 Å². The fraction of sp³-hybridized carbons (Fsp3) is 0.533. The summed E-state index contributed by atoms with van der Waals surface area (Å²) >= 11 is 0. The number of para-hydroxylation sites is 1. The van der Waals surface area contributed by atoms with Gasteiger partial charge in [0.15, 0.2) is 0 Å². The first-order valence-electron chi connectivity index (χ1n) is 6.85. The monoisotopic (exact) mass is 262 g/mol. The molecule has 1 aliphatic rings. The van der Waals surface area contributed by atoms with Crippen molar-refractivity contribution in [1.29, 1.82) is 0 Å². The first-order chi connectivity index (χ1) is 9.10. The summed E-state index contributed by atoms with van der Waals surface area (Å²) < 4.78 is 5.18. The van der Waals surface area contributed by atoms with Crippen molar-refractivity contribution in [3.05, 3.63) is 23.8 Å². The van der Waals surface area contributed by atoms with Crippen LogP contribution in [-0.4, -0.2) is 30.0 Å². The Balaban J connectivity index is 2.33. The summed E-state index contributed by atoms with van der Waals surface area (Å²) in [7, 11) is 1.56. The number of amides is 1. The molecular formula is C15H22N2O2. The summed E-state index contributed by atoms with van der Waals surface area (Å²) in [6, 6.07) is 5.97. The normalized spacial score (nSPS) is 22.6. The number of nitrogens with two attached hydrogens (primary N) is 1. The van der Waals surface area contributed by atoms with Gasteiger partial charge in [-0.25, -0.2) is 0 Å². The van der Waals surface area contributed by atoms with Crippen molar-refractivity contribution in [2.45, 2.75) is 45.2 Å². The van der Waals surface area contributed by atoms with Crippen LogP contribution in [0.1, 0.15) is 43.5 Å². The zero-order valence-electron chi connectivity index (χ0n) is 11.8. The molecule has 0 radical (unpaired) electrons. The van der Waals surface area contributed by atoms with Crippen LogP contribution in [-0.2, 0) is 0 Å². The van der Waals surface area contributed by atoms with Crippen molar-refractivity contribution in [3.63, 3.8) is 0 Å². The number of anilines is 1. The second kappa shape index (κ2) is 5.51. The molecule has 4 heteroatoms. The van der Waals surface area contributed by atoms with E-state index in [-0.39, 0.29) is 11.9 Å². The predicted molar refractivity (Wildman–Crippen MR) is 76.4 cm³/mol. The molecule has 1 saturated heterocycles. The van der Waals surface area contributed by atoms with E-state index in [1.165, 1.54) is 0 Å². The Bertz CT molecular complexity index is 473. The van der Waals surface area contributed by atoms with Crippen LogP contribution in [0, 0.1) is 0 Å². The molecule has 2 N–H and O–H groups in total. The lowest BCUT2D eigenvalue weighted by atomic mass is 10.1. The number of benzene rings is 1. The molecule has 0 aromatic heterocycles. The molecule has 1 heterocycles. The zero-order chi connectivity index (χ0) is 14.0. The van der Waals surface area contributed by atoms with Gasteiger partial charge in [-0.3, -0.25) is 4.79 Å². The Morgan fingerprint density at radius 3 is 2.84 bits per heavy atom. The number of nitrogens with zero attached hydrogens (tertiary/aromatic N) is 1. The van der Waals surface area contributed by atoms with Crippen molar-refractivity contribution in [2.24, 2.45) is 0 Å². The Labute approximate surface area is 114 Å². The minimum absolute atomic E-state index is 0.0215. The number of carbonyl (C=O) groups is 1. The highest BCUT2D eigenvalue weighted by Gasteiger charge is 2.34. The molecule has 0 bridgehead atoms. The minimum Gasteiger partial charge on any atom is -0.495 e. The SMILES string of the molecule is CCC1CCC(C)N1C(=O)c1cccc(OC)c1N. The van der Waals surface area contributed by atoms with E-state index in [1.807, 2.05) is 11.0 Å². The second-order valence-electron chi connectivity index (χ2n) is 5.12. The molecule has 2 unspecified atom stereocenters. The van der Waals surface area contributed by atoms with Gasteiger partial charge in [-0.15, -0.1) is 0 Å². The number of hydrogen-bond acceptors (Lipinski definition) is 3. The van der Waals surface area contributed by atoms with Crippen LogP contribution in [0.15, 0.2) is 18.2 Å². The van der Waals surface area contributed by atoms with Gasteiger partial charge in [-0.2, -0.15) is 0 Å². The first kappa shape index (κ1) is 13.7. The molecular weight excluding hydrogens is 240 g/mol. The number of hydrogen-bond donors (Lipinski definition) is 1. The van der Waals surface area contributed by atoms with Gasteiger partial charge < -0.3 is 15.4 Å². The fourth-order valence-electron chi connectivity index (χ4n) is 2.89. The lowest BCUT2D eigenvalue weighted by Crippen LogP contribution is -2.40. The van der Waals surface area contributed by atoms with E-state index in [1.54, 1.807) is 19.2 Å². The number of carbonyl (C=O) groups excluding carboxylic acids is 1. The molecule has 0 saturated carbocycles. The third-order valence-electron chi connectivity index (χ3n) is 4.01. The van der Waals surface area contributed by atoms with E-state index in [2.05, 4.69) is 13.8 Å². The Kier molecular flexibility index (Phi) is 3.98. The van der Waals surface area contributed by atoms with Gasteiger partial charge in [-0.05, 0) is 38.3 Å². The zero-order valence-corrected chi connectivity index (χ0v) is 11.8. The van der Waals surface area contributed by atoms with Crippen molar-refractivity contribution in [1.82, 2.24) is 4.90 Å². The molecule has 1 aromatic carbocycles. The lowest BCUT2D eigenvalue weighted by Gasteiger charge is -2.28. The number of nitrogen functional groups attached to an aromatic ring is 1. The van der Waals surface area contributed by atoms with Crippen LogP contribution in [0.5, 0.6) is 5.75 Å². The molecule has 0 aliphatic carbocycles. The first-order valence-corrected chi connectivity index (χ1v) is 6.85. The molecule has 2 atom stereocenters. The van der Waals surface area contributed by atoms with Gasteiger partial charge >= 0.3 is 0 Å². The van der Waals surface area contributed by atoms with Crippen molar-refractivity contribution in [2.75, 3.05) is 12.8 Å². The van der Waals surface area contributed by atoms with Crippen LogP contribution < -0.4 is 10.5 Å². The third kappa shape index (κ3) is 2.39. The number of ether oxygens (including phenoxy) is 1. The molecule has 1 fully saturated rings. The van der Waals surface area contributed by atoms with Crippen LogP contribution >= 0.6 is 0 Å². The van der Waals surface area contributed by atoms with E-state index in [0.29, 0.717) is 23.0 Å². The average Bonchev–Trinajstić information content (AvgIpc) is 2.79. The van der Waals surface area contributed by atoms with Gasteiger partial charge in [0.2, 0.25) is 0 Å². The predicted octanol–water partition coefficient (Wildman–Crippen LogP) is 2.68. The summed E-state index contributed by atoms with van der Waals surface area (Å²) in [5.74, 6) is 0.582. The Morgan fingerprint density at radius 1 is 1.47 bits per heavy atom. The van der Waals surface area contributed by atoms with E-state index in [9.17, 15) is 4.79 Å². The highest BCUT2D eigenvalue weighted by Crippen LogP contribution is 2.31. The van der Waals surface area contributed by atoms with Crippen LogP contribution in [0.3, 0.4) is 0 Å². The molecule has 1 amide bonds. The Morgan fingerprint density at radius 2 is 2.21 bits per heavy atom. The van der Waals surface area contributed by atoms with Gasteiger partial charge in [0.05, 0.1) is 18.4 Å². The van der Waals surface area contributed by atoms with Crippen LogP contribution in [0.4, 0.5) is 5.69 Å². The van der Waals surface area contributed by atoms with Gasteiger partial charge in [-0.1, -0.05) is 13.0 Å². The summed E-state index contributed by atoms with van der Waals surface area (Å²) in [4.78, 5) is 14.7. The summed E-state index contributed by atoms with van der Waals surface area (Å²) in [6.45, 7) is 4.22. The Hall–Kier alpha value is -1.71. The summed E-state index contributed by atoms with van der Waals surface area (Å²) in [5, 5.41) is 0. The smallest absolute Gasteiger partial charge is 0.256 e. The molecule has 104 valence electrons. The topological polar surface area (TPSA) is 55.6 Å². The number of methoxy groups -OCH3 is 1. The molecule has 4 nitrogen and oxygen atoms in total. The summed E-state index contributed by atoms with van der Waals surface area (Å²) in [5.41, 5.74) is 7.00. The second-order valence-corrected chi connectivity index (χ2v) is 5.12. The minimum atomic E-state index is 0.0215. The highest BCUT2D eigenvalue weighted by molar-refractivity contribution is 6.00. The lowest BCUT2D eigenvalue weighted by molar-refractivity contribution is 0.0677.